The Morgan fingerprint density at radius 1 is 1.00 bits per heavy atom. The molecule has 0 radical (unpaired) electrons. The third-order valence-corrected chi connectivity index (χ3v) is 4.05. The predicted octanol–water partition coefficient (Wildman–Crippen LogP) is 5.49. The van der Waals surface area contributed by atoms with Gasteiger partial charge in [0.25, 0.3) is 0 Å². The van der Waals surface area contributed by atoms with Crippen molar-refractivity contribution >= 4 is 51.9 Å². The molecule has 9 heteroatoms. The number of benzene rings is 2. The number of nitrogens with zero attached hydrogens (tertiary/aromatic N) is 3. The fraction of sp³-hybridized carbons (Fsp3) is 0.0588. The van der Waals surface area contributed by atoms with E-state index in [4.69, 9.17) is 23.2 Å². The lowest BCUT2D eigenvalue weighted by Crippen LogP contribution is -2.05. The zero-order valence-corrected chi connectivity index (χ0v) is 15.0. The summed E-state index contributed by atoms with van der Waals surface area (Å²) < 4.78 is 0. The summed E-state index contributed by atoms with van der Waals surface area (Å²) in [5.74, 6) is 0.0882. The number of rotatable bonds is 5. The first-order valence-electron chi connectivity index (χ1n) is 7.49. The van der Waals surface area contributed by atoms with Crippen LogP contribution in [-0.4, -0.2) is 14.9 Å². The van der Waals surface area contributed by atoms with Gasteiger partial charge in [-0.3, -0.25) is 10.1 Å². The quantitative estimate of drug-likeness (QED) is 0.442. The highest BCUT2D eigenvalue weighted by Gasteiger charge is 2.23. The topological polar surface area (TPSA) is 93.0 Å². The molecule has 0 saturated heterocycles. The van der Waals surface area contributed by atoms with Crippen molar-refractivity contribution in [3.05, 3.63) is 74.5 Å². The van der Waals surface area contributed by atoms with E-state index in [1.165, 1.54) is 12.4 Å². The molecule has 3 rings (SSSR count). The first kappa shape index (κ1) is 17.9. The third kappa shape index (κ3) is 4.01. The van der Waals surface area contributed by atoms with Crippen LogP contribution in [0, 0.1) is 17.0 Å². The summed E-state index contributed by atoms with van der Waals surface area (Å²) in [4.78, 5) is 19.0. The first-order chi connectivity index (χ1) is 12.4. The second-order valence-electron chi connectivity index (χ2n) is 5.42. The third-order valence-electron chi connectivity index (χ3n) is 3.50. The summed E-state index contributed by atoms with van der Waals surface area (Å²) in [6, 6.07) is 12.2. The standard InChI is InChI=1S/C17H13Cl2N5O2/c1-10-2-5-12(6-3-10)22-16-15(24(25)26)17(21-9-20-16)23-14-7-4-11(18)8-13(14)19/h2-9H,1H3,(H2,20,21,22,23). The lowest BCUT2D eigenvalue weighted by atomic mass is 10.2. The molecule has 0 aliphatic rings. The maximum atomic E-state index is 11.6. The van der Waals surface area contributed by atoms with Crippen LogP contribution in [0.4, 0.5) is 28.7 Å². The monoisotopic (exact) mass is 389 g/mol. The van der Waals surface area contributed by atoms with Crippen LogP contribution < -0.4 is 10.6 Å². The van der Waals surface area contributed by atoms with Crippen LogP contribution in [0.15, 0.2) is 48.8 Å². The highest BCUT2D eigenvalue weighted by molar-refractivity contribution is 6.36. The van der Waals surface area contributed by atoms with Crippen LogP contribution in [0.3, 0.4) is 0 Å². The first-order valence-corrected chi connectivity index (χ1v) is 8.25. The van der Waals surface area contributed by atoms with Gasteiger partial charge in [0.1, 0.15) is 6.33 Å². The molecule has 132 valence electrons. The minimum Gasteiger partial charge on any atom is -0.334 e. The van der Waals surface area contributed by atoms with E-state index >= 15 is 0 Å². The van der Waals surface area contributed by atoms with Crippen molar-refractivity contribution in [1.29, 1.82) is 0 Å². The molecule has 0 aliphatic carbocycles. The number of aryl methyl sites for hydroxylation is 1. The fourth-order valence-electron chi connectivity index (χ4n) is 2.23. The molecule has 0 fully saturated rings. The Kier molecular flexibility index (Phi) is 5.20. The van der Waals surface area contributed by atoms with E-state index in [1.807, 2.05) is 31.2 Å². The van der Waals surface area contributed by atoms with Crippen molar-refractivity contribution in [2.24, 2.45) is 0 Å². The van der Waals surface area contributed by atoms with Crippen molar-refractivity contribution < 1.29 is 4.92 Å². The van der Waals surface area contributed by atoms with E-state index in [2.05, 4.69) is 20.6 Å². The van der Waals surface area contributed by atoms with Gasteiger partial charge in [0.2, 0.25) is 11.6 Å². The average molecular weight is 390 g/mol. The molecule has 0 bridgehead atoms. The zero-order chi connectivity index (χ0) is 18.7. The average Bonchev–Trinajstić information content (AvgIpc) is 2.59. The molecule has 0 amide bonds. The Morgan fingerprint density at radius 3 is 2.27 bits per heavy atom. The minimum atomic E-state index is -0.553. The Hall–Kier alpha value is -2.90. The van der Waals surface area contributed by atoms with Gasteiger partial charge in [0.05, 0.1) is 15.6 Å². The van der Waals surface area contributed by atoms with Gasteiger partial charge in [-0.1, -0.05) is 40.9 Å². The SMILES string of the molecule is Cc1ccc(Nc2ncnc(Nc3ccc(Cl)cc3Cl)c2[N+](=O)[O-])cc1. The lowest BCUT2D eigenvalue weighted by Gasteiger charge is -2.11. The molecule has 0 spiro atoms. The number of nitrogens with one attached hydrogen (secondary N) is 2. The second kappa shape index (κ2) is 7.55. The maximum Gasteiger partial charge on any atom is 0.353 e. The number of halogens is 2. The van der Waals surface area contributed by atoms with E-state index < -0.39 is 4.92 Å². The van der Waals surface area contributed by atoms with Crippen molar-refractivity contribution in [2.45, 2.75) is 6.92 Å². The molecule has 7 nitrogen and oxygen atoms in total. The molecule has 2 N–H and O–H groups in total. The van der Waals surface area contributed by atoms with Gasteiger partial charge in [-0.25, -0.2) is 9.97 Å². The summed E-state index contributed by atoms with van der Waals surface area (Å²) in [7, 11) is 0. The summed E-state index contributed by atoms with van der Waals surface area (Å²) >= 11 is 12.0. The predicted molar refractivity (Wildman–Crippen MR) is 103 cm³/mol. The largest absolute Gasteiger partial charge is 0.353 e. The lowest BCUT2D eigenvalue weighted by molar-refractivity contribution is -0.383. The van der Waals surface area contributed by atoms with Crippen molar-refractivity contribution in [2.75, 3.05) is 10.6 Å². The summed E-state index contributed by atoms with van der Waals surface area (Å²) in [6.45, 7) is 1.95. The van der Waals surface area contributed by atoms with E-state index in [0.717, 1.165) is 5.56 Å². The fourth-order valence-corrected chi connectivity index (χ4v) is 2.68. The summed E-state index contributed by atoms with van der Waals surface area (Å²) in [5, 5.41) is 18.2. The number of hydrogen-bond acceptors (Lipinski definition) is 6. The maximum absolute atomic E-state index is 11.6. The summed E-state index contributed by atoms with van der Waals surface area (Å²) in [5.41, 5.74) is 1.90. The van der Waals surface area contributed by atoms with Crippen molar-refractivity contribution in [1.82, 2.24) is 9.97 Å². The number of anilines is 4. The van der Waals surface area contributed by atoms with Gasteiger partial charge >= 0.3 is 5.69 Å². The number of aromatic nitrogens is 2. The Labute approximate surface area is 159 Å². The van der Waals surface area contributed by atoms with Gasteiger partial charge in [-0.05, 0) is 37.3 Å². The molecular weight excluding hydrogens is 377 g/mol. The van der Waals surface area contributed by atoms with E-state index in [9.17, 15) is 10.1 Å². The van der Waals surface area contributed by atoms with Crippen LogP contribution in [0.25, 0.3) is 0 Å². The number of nitro groups is 1. The van der Waals surface area contributed by atoms with Crippen molar-refractivity contribution in [3.63, 3.8) is 0 Å². The van der Waals surface area contributed by atoms with Crippen LogP contribution in [0.2, 0.25) is 10.0 Å². The molecule has 0 atom stereocenters. The highest BCUT2D eigenvalue weighted by Crippen LogP contribution is 2.35. The molecule has 1 aromatic heterocycles. The normalized spacial score (nSPS) is 10.4. The van der Waals surface area contributed by atoms with Crippen LogP contribution in [0.1, 0.15) is 5.56 Å². The van der Waals surface area contributed by atoms with Gasteiger partial charge < -0.3 is 10.6 Å². The van der Waals surface area contributed by atoms with E-state index in [0.29, 0.717) is 21.4 Å². The Balaban J connectivity index is 1.98. The van der Waals surface area contributed by atoms with Gasteiger partial charge in [-0.2, -0.15) is 0 Å². The molecule has 0 saturated carbocycles. The molecule has 0 unspecified atom stereocenters. The molecule has 26 heavy (non-hydrogen) atoms. The molecule has 2 aromatic carbocycles. The smallest absolute Gasteiger partial charge is 0.334 e. The van der Waals surface area contributed by atoms with Crippen LogP contribution in [-0.2, 0) is 0 Å². The summed E-state index contributed by atoms with van der Waals surface area (Å²) in [6.07, 6.45) is 1.23. The van der Waals surface area contributed by atoms with Gasteiger partial charge in [0.15, 0.2) is 0 Å². The van der Waals surface area contributed by atoms with Crippen LogP contribution >= 0.6 is 23.2 Å². The van der Waals surface area contributed by atoms with Gasteiger partial charge in [0, 0.05) is 10.7 Å². The van der Waals surface area contributed by atoms with Crippen molar-refractivity contribution in [3.8, 4) is 0 Å². The minimum absolute atomic E-state index is 0.0174. The van der Waals surface area contributed by atoms with E-state index in [-0.39, 0.29) is 17.3 Å². The molecule has 0 aliphatic heterocycles. The highest BCUT2D eigenvalue weighted by atomic mass is 35.5. The Bertz CT molecular complexity index is 964. The van der Waals surface area contributed by atoms with E-state index in [1.54, 1.807) is 12.1 Å². The number of hydrogen-bond donors (Lipinski definition) is 2. The molecular formula is C17H13Cl2N5O2. The molecule has 1 heterocycles. The second-order valence-corrected chi connectivity index (χ2v) is 6.26. The molecule has 3 aromatic rings. The van der Waals surface area contributed by atoms with Crippen LogP contribution in [0.5, 0.6) is 0 Å². The zero-order valence-electron chi connectivity index (χ0n) is 13.5. The Morgan fingerprint density at radius 2 is 1.65 bits per heavy atom. The van der Waals surface area contributed by atoms with Gasteiger partial charge in [-0.15, -0.1) is 0 Å².